The number of hydrogen-bond donors (Lipinski definition) is 0. The Kier molecular flexibility index (Phi) is 5.36. The molecule has 0 aliphatic heterocycles. The smallest absolute Gasteiger partial charge is 0.269 e. The second-order valence-corrected chi connectivity index (χ2v) is 8.46. The summed E-state index contributed by atoms with van der Waals surface area (Å²) < 4.78 is 19.6. The van der Waals surface area contributed by atoms with E-state index in [0.29, 0.717) is 17.3 Å². The van der Waals surface area contributed by atoms with Crippen molar-refractivity contribution in [2.45, 2.75) is 16.5 Å². The molecule has 7 nitrogen and oxygen atoms in total. The van der Waals surface area contributed by atoms with E-state index >= 15 is 0 Å². The Morgan fingerprint density at radius 2 is 1.79 bits per heavy atom. The second-order valence-electron chi connectivity index (χ2n) is 6.02. The van der Waals surface area contributed by atoms with Crippen molar-refractivity contribution in [2.24, 2.45) is 0 Å². The van der Waals surface area contributed by atoms with E-state index in [2.05, 4.69) is 15.2 Å². The summed E-state index contributed by atoms with van der Waals surface area (Å²) in [5, 5.41) is 20.6. The van der Waals surface area contributed by atoms with E-state index in [1.54, 1.807) is 24.3 Å². The molecule has 1 unspecified atom stereocenters. The van der Waals surface area contributed by atoms with Gasteiger partial charge in [-0.2, -0.15) is 0 Å². The third-order valence-electron chi connectivity index (χ3n) is 4.01. The number of thiazole rings is 1. The van der Waals surface area contributed by atoms with Gasteiger partial charge in [-0.1, -0.05) is 11.8 Å². The number of aromatic nitrogens is 3. The van der Waals surface area contributed by atoms with Crippen LogP contribution < -0.4 is 0 Å². The van der Waals surface area contributed by atoms with Crippen LogP contribution in [0.1, 0.15) is 18.1 Å². The first-order valence-corrected chi connectivity index (χ1v) is 10.2. The number of nitro benzene ring substituents is 1. The maximum absolute atomic E-state index is 13.1. The summed E-state index contributed by atoms with van der Waals surface area (Å²) in [5.41, 5.74) is 2.24. The monoisotopic (exact) mass is 428 g/mol. The van der Waals surface area contributed by atoms with Crippen LogP contribution in [-0.4, -0.2) is 20.1 Å². The molecule has 0 spiro atoms. The first-order valence-electron chi connectivity index (χ1n) is 8.46. The average Bonchev–Trinajstić information content (AvgIpc) is 3.38. The molecule has 10 heteroatoms. The second kappa shape index (κ2) is 8.10. The fourth-order valence-corrected chi connectivity index (χ4v) is 4.51. The maximum Gasteiger partial charge on any atom is 0.269 e. The summed E-state index contributed by atoms with van der Waals surface area (Å²) in [7, 11) is 0. The standard InChI is InChI=1S/C19H13FN4O3S2/c1-11(29-19-21-16(10-28-19)12-2-6-14(20)7-3-12)17-22-23-18(27-17)13-4-8-15(9-5-13)24(25)26/h2-11H,1H3. The third kappa shape index (κ3) is 4.33. The molecule has 2 aromatic heterocycles. The number of thioether (sulfide) groups is 1. The lowest BCUT2D eigenvalue weighted by Crippen LogP contribution is -1.88. The normalized spacial score (nSPS) is 12.1. The Labute approximate surface area is 172 Å². The van der Waals surface area contributed by atoms with Crippen molar-refractivity contribution in [1.82, 2.24) is 15.2 Å². The Hall–Kier alpha value is -3.11. The summed E-state index contributed by atoms with van der Waals surface area (Å²) in [6.07, 6.45) is 0. The van der Waals surface area contributed by atoms with Crippen LogP contribution in [0.5, 0.6) is 0 Å². The number of benzene rings is 2. The molecule has 2 aromatic carbocycles. The van der Waals surface area contributed by atoms with Crippen LogP contribution in [0.15, 0.2) is 62.7 Å². The molecule has 0 saturated carbocycles. The molecule has 0 bridgehead atoms. The van der Waals surface area contributed by atoms with Crippen LogP contribution in [0.4, 0.5) is 10.1 Å². The third-order valence-corrected chi connectivity index (χ3v) is 6.07. The molecule has 4 rings (SSSR count). The summed E-state index contributed by atoms with van der Waals surface area (Å²) in [5.74, 6) is 0.447. The zero-order valence-corrected chi connectivity index (χ0v) is 16.6. The summed E-state index contributed by atoms with van der Waals surface area (Å²) in [4.78, 5) is 14.9. The summed E-state index contributed by atoms with van der Waals surface area (Å²) in [6, 6.07) is 12.1. The van der Waals surface area contributed by atoms with Crippen LogP contribution >= 0.6 is 23.1 Å². The van der Waals surface area contributed by atoms with Crippen molar-refractivity contribution < 1.29 is 13.7 Å². The summed E-state index contributed by atoms with van der Waals surface area (Å²) >= 11 is 2.96. The van der Waals surface area contributed by atoms with Gasteiger partial charge in [-0.25, -0.2) is 9.37 Å². The minimum absolute atomic E-state index is 0.00172. The fraction of sp³-hybridized carbons (Fsp3) is 0.105. The quantitative estimate of drug-likeness (QED) is 0.219. The number of halogens is 1. The van der Waals surface area contributed by atoms with Gasteiger partial charge in [-0.3, -0.25) is 10.1 Å². The van der Waals surface area contributed by atoms with Crippen LogP contribution in [0.2, 0.25) is 0 Å². The van der Waals surface area contributed by atoms with Crippen molar-refractivity contribution in [2.75, 3.05) is 0 Å². The Morgan fingerprint density at radius 1 is 1.10 bits per heavy atom. The molecular formula is C19H13FN4O3S2. The van der Waals surface area contributed by atoms with Gasteiger partial charge in [0.25, 0.3) is 5.69 Å². The Morgan fingerprint density at radius 3 is 2.48 bits per heavy atom. The van der Waals surface area contributed by atoms with Gasteiger partial charge in [-0.05, 0) is 43.3 Å². The number of hydrogen-bond acceptors (Lipinski definition) is 8. The molecule has 0 saturated heterocycles. The SMILES string of the molecule is CC(Sc1nc(-c2ccc(F)cc2)cs1)c1nnc(-c2ccc([N+](=O)[O-])cc2)o1. The van der Waals surface area contributed by atoms with Gasteiger partial charge in [-0.15, -0.1) is 21.5 Å². The number of nitrogens with zero attached hydrogens (tertiary/aromatic N) is 4. The van der Waals surface area contributed by atoms with Gasteiger partial charge in [0.1, 0.15) is 5.82 Å². The van der Waals surface area contributed by atoms with E-state index in [-0.39, 0.29) is 16.8 Å². The molecule has 1 atom stereocenters. The molecule has 0 radical (unpaired) electrons. The molecule has 0 fully saturated rings. The predicted octanol–water partition coefficient (Wildman–Crippen LogP) is 5.76. The highest BCUT2D eigenvalue weighted by Gasteiger charge is 2.18. The van der Waals surface area contributed by atoms with Gasteiger partial charge in [0.2, 0.25) is 11.8 Å². The van der Waals surface area contributed by atoms with Gasteiger partial charge in [0, 0.05) is 28.6 Å². The van der Waals surface area contributed by atoms with Crippen molar-refractivity contribution >= 4 is 28.8 Å². The highest BCUT2D eigenvalue weighted by Crippen LogP contribution is 2.38. The average molecular weight is 428 g/mol. The lowest BCUT2D eigenvalue weighted by molar-refractivity contribution is -0.384. The van der Waals surface area contributed by atoms with Gasteiger partial charge in [0.15, 0.2) is 4.34 Å². The molecule has 2 heterocycles. The summed E-state index contributed by atoms with van der Waals surface area (Å²) in [6.45, 7) is 1.93. The molecular weight excluding hydrogens is 415 g/mol. The van der Waals surface area contributed by atoms with Gasteiger partial charge in [0.05, 0.1) is 15.9 Å². The van der Waals surface area contributed by atoms with E-state index in [4.69, 9.17) is 4.42 Å². The van der Waals surface area contributed by atoms with Crippen molar-refractivity contribution in [3.8, 4) is 22.7 Å². The zero-order chi connectivity index (χ0) is 20.4. The maximum atomic E-state index is 13.1. The van der Waals surface area contributed by atoms with Crippen LogP contribution in [0, 0.1) is 15.9 Å². The highest BCUT2D eigenvalue weighted by molar-refractivity contribution is 8.01. The number of non-ortho nitro benzene ring substituents is 1. The Bertz CT molecular complexity index is 1140. The predicted molar refractivity (Wildman–Crippen MR) is 108 cm³/mol. The molecule has 0 N–H and O–H groups in total. The van der Waals surface area contributed by atoms with E-state index < -0.39 is 4.92 Å². The van der Waals surface area contributed by atoms with E-state index in [9.17, 15) is 14.5 Å². The molecule has 0 amide bonds. The Balaban J connectivity index is 1.46. The first-order chi connectivity index (χ1) is 14.0. The van der Waals surface area contributed by atoms with Crippen LogP contribution in [-0.2, 0) is 0 Å². The van der Waals surface area contributed by atoms with E-state index in [0.717, 1.165) is 15.6 Å². The number of rotatable bonds is 6. The van der Waals surface area contributed by atoms with Gasteiger partial charge < -0.3 is 4.42 Å². The zero-order valence-electron chi connectivity index (χ0n) is 15.0. The molecule has 4 aromatic rings. The lowest BCUT2D eigenvalue weighted by atomic mass is 10.2. The molecule has 29 heavy (non-hydrogen) atoms. The molecule has 146 valence electrons. The lowest BCUT2D eigenvalue weighted by Gasteiger charge is -2.03. The van der Waals surface area contributed by atoms with Crippen LogP contribution in [0.3, 0.4) is 0 Å². The molecule has 0 aliphatic carbocycles. The largest absolute Gasteiger partial charge is 0.419 e. The minimum Gasteiger partial charge on any atom is -0.419 e. The highest BCUT2D eigenvalue weighted by atomic mass is 32.2. The van der Waals surface area contributed by atoms with E-state index in [1.807, 2.05) is 12.3 Å². The van der Waals surface area contributed by atoms with Crippen LogP contribution in [0.25, 0.3) is 22.7 Å². The van der Waals surface area contributed by atoms with E-state index in [1.165, 1.54) is 47.4 Å². The van der Waals surface area contributed by atoms with Crippen molar-refractivity contribution in [3.05, 3.63) is 75.7 Å². The van der Waals surface area contributed by atoms with Crippen molar-refractivity contribution in [1.29, 1.82) is 0 Å². The first kappa shape index (κ1) is 19.2. The van der Waals surface area contributed by atoms with Gasteiger partial charge >= 0.3 is 0 Å². The topological polar surface area (TPSA) is 95.0 Å². The number of nitro groups is 1. The molecule has 0 aliphatic rings. The van der Waals surface area contributed by atoms with Crippen molar-refractivity contribution in [3.63, 3.8) is 0 Å². The fourth-order valence-electron chi connectivity index (χ4n) is 2.51. The minimum atomic E-state index is -0.462.